The summed E-state index contributed by atoms with van der Waals surface area (Å²) in [5.74, 6) is -0.386. The monoisotopic (exact) mass is 286 g/mol. The van der Waals surface area contributed by atoms with Gasteiger partial charge in [-0.2, -0.15) is 0 Å². The molecule has 0 fully saturated rings. The van der Waals surface area contributed by atoms with Crippen LogP contribution in [-0.4, -0.2) is 29.7 Å². The van der Waals surface area contributed by atoms with Crippen molar-refractivity contribution in [1.82, 2.24) is 10.6 Å². The second-order valence-electron chi connectivity index (χ2n) is 5.44. The van der Waals surface area contributed by atoms with Gasteiger partial charge < -0.3 is 15.7 Å². The Morgan fingerprint density at radius 2 is 1.85 bits per heavy atom. The molecular formula is C15H30N2O3. The fraction of sp³-hybridized carbons (Fsp3) is 0.867. The van der Waals surface area contributed by atoms with Crippen LogP contribution in [0, 0.1) is 5.92 Å². The lowest BCUT2D eigenvalue weighted by Gasteiger charge is -2.16. The third kappa shape index (κ3) is 10.6. The maximum atomic E-state index is 11.6. The number of nitrogens with one attached hydrogen (secondary N) is 2. The maximum Gasteiger partial charge on any atom is 0.314 e. The fourth-order valence-corrected chi connectivity index (χ4v) is 2.13. The molecule has 0 aromatic rings. The van der Waals surface area contributed by atoms with E-state index in [4.69, 9.17) is 5.11 Å². The predicted molar refractivity (Wildman–Crippen MR) is 80.8 cm³/mol. The van der Waals surface area contributed by atoms with Gasteiger partial charge in [0.1, 0.15) is 0 Å². The van der Waals surface area contributed by atoms with E-state index in [1.165, 1.54) is 0 Å². The van der Waals surface area contributed by atoms with Gasteiger partial charge in [-0.15, -0.1) is 0 Å². The van der Waals surface area contributed by atoms with Gasteiger partial charge in [-0.3, -0.25) is 4.79 Å². The van der Waals surface area contributed by atoms with Crippen molar-refractivity contribution in [1.29, 1.82) is 0 Å². The second kappa shape index (κ2) is 11.6. The number of carbonyl (C=O) groups is 2. The van der Waals surface area contributed by atoms with E-state index in [9.17, 15) is 9.59 Å². The van der Waals surface area contributed by atoms with Gasteiger partial charge in [-0.25, -0.2) is 4.79 Å². The number of urea groups is 1. The summed E-state index contributed by atoms with van der Waals surface area (Å²) in [5, 5.41) is 14.4. The largest absolute Gasteiger partial charge is 0.481 e. The summed E-state index contributed by atoms with van der Waals surface area (Å²) in [7, 11) is 0. The van der Waals surface area contributed by atoms with Crippen molar-refractivity contribution in [2.24, 2.45) is 5.92 Å². The van der Waals surface area contributed by atoms with Crippen LogP contribution < -0.4 is 10.6 Å². The first-order valence-electron chi connectivity index (χ1n) is 7.75. The van der Waals surface area contributed by atoms with Gasteiger partial charge in [0.2, 0.25) is 0 Å². The number of aliphatic carboxylic acids is 1. The van der Waals surface area contributed by atoms with Crippen LogP contribution in [0.3, 0.4) is 0 Å². The molecule has 20 heavy (non-hydrogen) atoms. The summed E-state index contributed by atoms with van der Waals surface area (Å²) in [5.41, 5.74) is 0. The van der Waals surface area contributed by atoms with Gasteiger partial charge in [-0.1, -0.05) is 33.1 Å². The van der Waals surface area contributed by atoms with Crippen molar-refractivity contribution < 1.29 is 14.7 Å². The Balaban J connectivity index is 3.74. The molecule has 2 unspecified atom stereocenters. The number of amides is 2. The third-order valence-electron chi connectivity index (χ3n) is 3.55. The topological polar surface area (TPSA) is 78.4 Å². The highest BCUT2D eigenvalue weighted by Gasteiger charge is 2.10. The molecule has 118 valence electrons. The molecule has 2 amide bonds. The Labute approximate surface area is 122 Å². The predicted octanol–water partition coefficient (Wildman–Crippen LogP) is 3.15. The molecular weight excluding hydrogens is 256 g/mol. The van der Waals surface area contributed by atoms with E-state index in [0.717, 1.165) is 32.1 Å². The van der Waals surface area contributed by atoms with Crippen LogP contribution in [0.4, 0.5) is 4.79 Å². The van der Waals surface area contributed by atoms with Crippen LogP contribution in [0.5, 0.6) is 0 Å². The number of carboxylic acids is 1. The average molecular weight is 286 g/mol. The Hall–Kier alpha value is -1.26. The SMILES string of the molecule is CCCCC(C)NC(=O)NCCC(CC)CCC(=O)O. The molecule has 3 N–H and O–H groups in total. The first-order valence-corrected chi connectivity index (χ1v) is 7.75. The molecule has 0 heterocycles. The summed E-state index contributed by atoms with van der Waals surface area (Å²) < 4.78 is 0. The number of rotatable bonds is 11. The Kier molecular flexibility index (Phi) is 10.8. The van der Waals surface area contributed by atoms with Crippen molar-refractivity contribution in [3.8, 4) is 0 Å². The fourth-order valence-electron chi connectivity index (χ4n) is 2.13. The summed E-state index contributed by atoms with van der Waals surface area (Å²) in [4.78, 5) is 22.2. The molecule has 0 radical (unpaired) electrons. The van der Waals surface area contributed by atoms with Crippen LogP contribution in [0.15, 0.2) is 0 Å². The number of hydrogen-bond acceptors (Lipinski definition) is 2. The minimum absolute atomic E-state index is 0.123. The van der Waals surface area contributed by atoms with Gasteiger partial charge in [0.05, 0.1) is 0 Å². The van der Waals surface area contributed by atoms with Crippen molar-refractivity contribution >= 4 is 12.0 Å². The normalized spacial score (nSPS) is 13.6. The van der Waals surface area contributed by atoms with Gasteiger partial charge in [0.25, 0.3) is 0 Å². The summed E-state index contributed by atoms with van der Waals surface area (Å²) in [6.07, 6.45) is 5.93. The van der Waals surface area contributed by atoms with Gasteiger partial charge in [-0.05, 0) is 32.1 Å². The van der Waals surface area contributed by atoms with Crippen molar-refractivity contribution in [2.45, 2.75) is 71.8 Å². The van der Waals surface area contributed by atoms with E-state index in [0.29, 0.717) is 18.9 Å². The molecule has 0 aliphatic carbocycles. The van der Waals surface area contributed by atoms with Crippen LogP contribution in [0.25, 0.3) is 0 Å². The molecule has 0 bridgehead atoms. The van der Waals surface area contributed by atoms with Crippen LogP contribution in [0.1, 0.15) is 65.7 Å². The Morgan fingerprint density at radius 1 is 1.15 bits per heavy atom. The van der Waals surface area contributed by atoms with Crippen LogP contribution in [-0.2, 0) is 4.79 Å². The maximum absolute atomic E-state index is 11.6. The molecule has 0 rings (SSSR count). The Bertz CT molecular complexity index is 282. The van der Waals surface area contributed by atoms with E-state index in [1.54, 1.807) is 0 Å². The lowest BCUT2D eigenvalue weighted by molar-refractivity contribution is -0.137. The molecule has 0 aliphatic heterocycles. The molecule has 5 heteroatoms. The average Bonchev–Trinajstić information content (AvgIpc) is 2.39. The van der Waals surface area contributed by atoms with Gasteiger partial charge >= 0.3 is 12.0 Å². The summed E-state index contributed by atoms with van der Waals surface area (Å²) in [6.45, 7) is 6.80. The lowest BCUT2D eigenvalue weighted by atomic mass is 9.97. The first kappa shape index (κ1) is 18.7. The number of hydrogen-bond donors (Lipinski definition) is 3. The smallest absolute Gasteiger partial charge is 0.314 e. The summed E-state index contributed by atoms with van der Waals surface area (Å²) in [6, 6.07) is 0.0747. The van der Waals surface area contributed by atoms with E-state index < -0.39 is 5.97 Å². The third-order valence-corrected chi connectivity index (χ3v) is 3.55. The highest BCUT2D eigenvalue weighted by molar-refractivity contribution is 5.74. The van der Waals surface area contributed by atoms with Crippen molar-refractivity contribution in [3.05, 3.63) is 0 Å². The van der Waals surface area contributed by atoms with Crippen LogP contribution in [0.2, 0.25) is 0 Å². The highest BCUT2D eigenvalue weighted by Crippen LogP contribution is 2.14. The van der Waals surface area contributed by atoms with Gasteiger partial charge in [0, 0.05) is 19.0 Å². The van der Waals surface area contributed by atoms with E-state index in [-0.39, 0.29) is 18.5 Å². The van der Waals surface area contributed by atoms with Gasteiger partial charge in [0.15, 0.2) is 0 Å². The quantitative estimate of drug-likeness (QED) is 0.546. The molecule has 0 aromatic heterocycles. The van der Waals surface area contributed by atoms with Crippen molar-refractivity contribution in [2.75, 3.05) is 6.54 Å². The minimum atomic E-state index is -0.751. The molecule has 2 atom stereocenters. The van der Waals surface area contributed by atoms with E-state index in [1.807, 2.05) is 6.92 Å². The van der Waals surface area contributed by atoms with Crippen LogP contribution >= 0.6 is 0 Å². The number of carbonyl (C=O) groups excluding carboxylic acids is 1. The molecule has 0 saturated heterocycles. The molecule has 0 saturated carbocycles. The molecule has 5 nitrogen and oxygen atoms in total. The second-order valence-corrected chi connectivity index (χ2v) is 5.44. The zero-order valence-corrected chi connectivity index (χ0v) is 13.1. The van der Waals surface area contributed by atoms with Crippen molar-refractivity contribution in [3.63, 3.8) is 0 Å². The number of carboxylic acid groups (broad SMARTS) is 1. The molecule has 0 aromatic carbocycles. The Morgan fingerprint density at radius 3 is 2.40 bits per heavy atom. The zero-order valence-electron chi connectivity index (χ0n) is 13.1. The lowest BCUT2D eigenvalue weighted by Crippen LogP contribution is -2.41. The first-order chi connectivity index (χ1) is 9.49. The molecule has 0 spiro atoms. The van der Waals surface area contributed by atoms with E-state index >= 15 is 0 Å². The number of unbranched alkanes of at least 4 members (excludes halogenated alkanes) is 1. The summed E-state index contributed by atoms with van der Waals surface area (Å²) >= 11 is 0. The standard InChI is InChI=1S/C15H30N2O3/c1-4-6-7-12(3)17-15(20)16-11-10-13(5-2)8-9-14(18)19/h12-13H,4-11H2,1-3H3,(H,18,19)(H2,16,17,20). The minimum Gasteiger partial charge on any atom is -0.481 e. The zero-order chi connectivity index (χ0) is 15.4. The van der Waals surface area contributed by atoms with E-state index in [2.05, 4.69) is 24.5 Å². The highest BCUT2D eigenvalue weighted by atomic mass is 16.4. The molecule has 0 aliphatic rings.